The normalized spacial score (nSPS) is 10.9. The summed E-state index contributed by atoms with van der Waals surface area (Å²) in [7, 11) is 0. The zero-order valence-corrected chi connectivity index (χ0v) is 17.5. The number of ether oxygens (including phenoxy) is 1. The molecule has 0 saturated heterocycles. The molecule has 6 nitrogen and oxygen atoms in total. The van der Waals surface area contributed by atoms with Gasteiger partial charge in [-0.15, -0.1) is 11.3 Å². The Balaban J connectivity index is 1.35. The van der Waals surface area contributed by atoms with Gasteiger partial charge >= 0.3 is 5.97 Å². The number of aryl methyl sites for hydroxylation is 2. The predicted molar refractivity (Wildman–Crippen MR) is 118 cm³/mol. The largest absolute Gasteiger partial charge is 0.455 e. The molecule has 0 aliphatic carbocycles. The number of nitrogens with one attached hydrogen (secondary N) is 2. The highest BCUT2D eigenvalue weighted by atomic mass is 32.1. The molecule has 0 radical (unpaired) electrons. The van der Waals surface area contributed by atoms with Gasteiger partial charge < -0.3 is 15.0 Å². The second-order valence-electron chi connectivity index (χ2n) is 7.07. The minimum atomic E-state index is -0.392. The molecule has 2 heterocycles. The van der Waals surface area contributed by atoms with Gasteiger partial charge in [0.05, 0.1) is 17.7 Å². The van der Waals surface area contributed by atoms with Gasteiger partial charge in [0.25, 0.3) is 0 Å². The van der Waals surface area contributed by atoms with Gasteiger partial charge in [-0.1, -0.05) is 35.9 Å². The molecule has 2 N–H and O–H groups in total. The summed E-state index contributed by atoms with van der Waals surface area (Å²) in [6.07, 6.45) is 0.175. The van der Waals surface area contributed by atoms with Crippen molar-refractivity contribution in [2.75, 3.05) is 5.32 Å². The molecule has 4 rings (SSSR count). The summed E-state index contributed by atoms with van der Waals surface area (Å²) in [5.41, 5.74) is 4.73. The van der Waals surface area contributed by atoms with E-state index in [9.17, 15) is 9.59 Å². The lowest BCUT2D eigenvalue weighted by Crippen LogP contribution is -2.14. The molecule has 4 aromatic rings. The van der Waals surface area contributed by atoms with E-state index in [0.29, 0.717) is 16.3 Å². The molecule has 2 aromatic heterocycles. The van der Waals surface area contributed by atoms with Crippen LogP contribution in [0.4, 0.5) is 5.69 Å². The summed E-state index contributed by atoms with van der Waals surface area (Å²) >= 11 is 1.38. The van der Waals surface area contributed by atoms with Gasteiger partial charge in [0.15, 0.2) is 0 Å². The minimum absolute atomic E-state index is 0.0634. The Hall–Kier alpha value is -3.45. The Morgan fingerprint density at radius 3 is 2.67 bits per heavy atom. The van der Waals surface area contributed by atoms with Crippen molar-refractivity contribution >= 4 is 39.8 Å². The van der Waals surface area contributed by atoms with E-state index in [1.165, 1.54) is 11.3 Å². The molecule has 0 saturated carbocycles. The molecule has 152 valence electrons. The van der Waals surface area contributed by atoms with Crippen LogP contribution in [0.5, 0.6) is 0 Å². The van der Waals surface area contributed by atoms with Crippen LogP contribution < -0.4 is 5.32 Å². The van der Waals surface area contributed by atoms with Gasteiger partial charge in [-0.3, -0.25) is 4.79 Å². The molecule has 0 aliphatic rings. The Morgan fingerprint density at radius 2 is 1.87 bits per heavy atom. The molecule has 0 aliphatic heterocycles. The lowest BCUT2D eigenvalue weighted by molar-refractivity contribution is -0.115. The second-order valence-corrected chi connectivity index (χ2v) is 8.01. The minimum Gasteiger partial charge on any atom is -0.455 e. The number of benzene rings is 2. The maximum Gasteiger partial charge on any atom is 0.340 e. The lowest BCUT2D eigenvalue weighted by atomic mass is 10.1. The molecular weight excluding hydrogens is 398 g/mol. The predicted octanol–water partition coefficient (Wildman–Crippen LogP) is 4.78. The van der Waals surface area contributed by atoms with E-state index < -0.39 is 5.97 Å². The van der Waals surface area contributed by atoms with Gasteiger partial charge in [-0.05, 0) is 32.0 Å². The number of nitrogens with zero attached hydrogens (tertiary/aromatic N) is 1. The van der Waals surface area contributed by atoms with E-state index in [-0.39, 0.29) is 18.9 Å². The van der Waals surface area contributed by atoms with Crippen molar-refractivity contribution in [1.82, 2.24) is 9.97 Å². The third kappa shape index (κ3) is 4.41. The Morgan fingerprint density at radius 1 is 1.10 bits per heavy atom. The smallest absolute Gasteiger partial charge is 0.340 e. The zero-order valence-electron chi connectivity index (χ0n) is 16.7. The summed E-state index contributed by atoms with van der Waals surface area (Å²) in [5.74, 6) is -0.525. The van der Waals surface area contributed by atoms with Crippen molar-refractivity contribution < 1.29 is 14.3 Å². The Labute approximate surface area is 177 Å². The first kappa shape index (κ1) is 19.8. The van der Waals surface area contributed by atoms with Gasteiger partial charge in [-0.2, -0.15) is 0 Å². The maximum absolute atomic E-state index is 12.6. The monoisotopic (exact) mass is 419 g/mol. The number of para-hydroxylation sites is 1. The van der Waals surface area contributed by atoms with E-state index >= 15 is 0 Å². The van der Waals surface area contributed by atoms with Crippen LogP contribution in [0.25, 0.3) is 10.9 Å². The highest BCUT2D eigenvalue weighted by molar-refractivity contribution is 7.09. The number of esters is 1. The molecule has 7 heteroatoms. The van der Waals surface area contributed by atoms with Crippen LogP contribution >= 0.6 is 11.3 Å². The SMILES string of the molecule is Cc1ccc(NC(=O)Cc2nc(COC(=O)c3c(C)[nH]c4ccccc34)cs2)cc1. The fourth-order valence-corrected chi connectivity index (χ4v) is 4.00. The van der Waals surface area contributed by atoms with Crippen LogP contribution in [0, 0.1) is 13.8 Å². The van der Waals surface area contributed by atoms with Crippen LogP contribution in [0.3, 0.4) is 0 Å². The van der Waals surface area contributed by atoms with E-state index in [1.807, 2.05) is 67.8 Å². The maximum atomic E-state index is 12.6. The number of thiazole rings is 1. The number of anilines is 1. The van der Waals surface area contributed by atoms with Crippen LogP contribution in [0.15, 0.2) is 53.9 Å². The van der Waals surface area contributed by atoms with E-state index in [2.05, 4.69) is 15.3 Å². The third-order valence-electron chi connectivity index (χ3n) is 4.70. The molecule has 0 atom stereocenters. The number of aromatic amines is 1. The van der Waals surface area contributed by atoms with Crippen LogP contribution in [0.1, 0.15) is 32.3 Å². The fraction of sp³-hybridized carbons (Fsp3) is 0.174. The van der Waals surface area contributed by atoms with Crippen molar-refractivity contribution in [2.24, 2.45) is 0 Å². The van der Waals surface area contributed by atoms with Gasteiger partial charge in [0, 0.05) is 27.7 Å². The lowest BCUT2D eigenvalue weighted by Gasteiger charge is -2.04. The van der Waals surface area contributed by atoms with Crippen LogP contribution in [0.2, 0.25) is 0 Å². The summed E-state index contributed by atoms with van der Waals surface area (Å²) < 4.78 is 5.47. The molecule has 1 amide bonds. The molecule has 0 bridgehead atoms. The molecule has 0 unspecified atom stereocenters. The number of hydrogen-bond donors (Lipinski definition) is 2. The molecular formula is C23H21N3O3S. The van der Waals surface area contributed by atoms with E-state index in [1.54, 1.807) is 0 Å². The van der Waals surface area contributed by atoms with Crippen LogP contribution in [-0.2, 0) is 22.6 Å². The molecule has 0 fully saturated rings. The van der Waals surface area contributed by atoms with Gasteiger partial charge in [-0.25, -0.2) is 9.78 Å². The first-order chi connectivity index (χ1) is 14.5. The number of carbonyl (C=O) groups is 2. The first-order valence-electron chi connectivity index (χ1n) is 9.54. The Bertz CT molecular complexity index is 1210. The number of fused-ring (bicyclic) bond motifs is 1. The average molecular weight is 420 g/mol. The number of rotatable bonds is 6. The number of hydrogen-bond acceptors (Lipinski definition) is 5. The third-order valence-corrected chi connectivity index (χ3v) is 5.59. The second kappa shape index (κ2) is 8.51. The van der Waals surface area contributed by atoms with Crippen molar-refractivity contribution in [3.8, 4) is 0 Å². The average Bonchev–Trinajstić information content (AvgIpc) is 3.30. The summed E-state index contributed by atoms with van der Waals surface area (Å²) in [6.45, 7) is 3.91. The quantitative estimate of drug-likeness (QED) is 0.441. The highest BCUT2D eigenvalue weighted by Crippen LogP contribution is 2.23. The van der Waals surface area contributed by atoms with Gasteiger partial charge in [0.2, 0.25) is 5.91 Å². The van der Waals surface area contributed by atoms with Crippen LogP contribution in [-0.4, -0.2) is 21.8 Å². The fourth-order valence-electron chi connectivity index (χ4n) is 3.23. The standard InChI is InChI=1S/C23H21N3O3S/c1-14-7-9-16(10-8-14)25-20(27)11-21-26-17(13-30-21)12-29-23(28)22-15(2)24-19-6-4-3-5-18(19)22/h3-10,13,24H,11-12H2,1-2H3,(H,25,27). The zero-order chi connectivity index (χ0) is 21.1. The van der Waals surface area contributed by atoms with Crippen molar-refractivity contribution in [3.05, 3.63) is 81.4 Å². The number of amides is 1. The number of carbonyl (C=O) groups excluding carboxylic acids is 2. The van der Waals surface area contributed by atoms with Crippen molar-refractivity contribution in [3.63, 3.8) is 0 Å². The van der Waals surface area contributed by atoms with Crippen molar-refractivity contribution in [1.29, 1.82) is 0 Å². The molecule has 30 heavy (non-hydrogen) atoms. The first-order valence-corrected chi connectivity index (χ1v) is 10.4. The summed E-state index contributed by atoms with van der Waals surface area (Å²) in [5, 5.41) is 6.18. The highest BCUT2D eigenvalue weighted by Gasteiger charge is 2.18. The topological polar surface area (TPSA) is 84.1 Å². The number of H-pyrrole nitrogens is 1. The number of aromatic nitrogens is 2. The van der Waals surface area contributed by atoms with E-state index in [4.69, 9.17) is 4.74 Å². The Kier molecular flexibility index (Phi) is 5.63. The summed E-state index contributed by atoms with van der Waals surface area (Å²) in [6, 6.07) is 15.2. The van der Waals surface area contributed by atoms with E-state index in [0.717, 1.165) is 27.8 Å². The van der Waals surface area contributed by atoms with Crippen molar-refractivity contribution in [2.45, 2.75) is 26.9 Å². The van der Waals surface area contributed by atoms with Gasteiger partial charge in [0.1, 0.15) is 11.6 Å². The summed E-state index contributed by atoms with van der Waals surface area (Å²) in [4.78, 5) is 32.4. The molecule has 0 spiro atoms. The molecule has 2 aromatic carbocycles.